The molecule has 1 amide bonds. The Balaban J connectivity index is 2.08. The number of benzene rings is 1. The van der Waals surface area contributed by atoms with Crippen LogP contribution in [0.5, 0.6) is 0 Å². The summed E-state index contributed by atoms with van der Waals surface area (Å²) >= 11 is 0.761. The smallest absolute Gasteiger partial charge is 0.282 e. The van der Waals surface area contributed by atoms with Gasteiger partial charge in [-0.15, -0.1) is 0 Å². The lowest BCUT2D eigenvalue weighted by Gasteiger charge is -2.04. The molecule has 1 aromatic carbocycles. The van der Waals surface area contributed by atoms with E-state index in [9.17, 15) is 13.6 Å². The van der Waals surface area contributed by atoms with E-state index in [1.807, 2.05) is 30.3 Å². The fourth-order valence-corrected chi connectivity index (χ4v) is 2.28. The second-order valence-corrected chi connectivity index (χ2v) is 4.77. The van der Waals surface area contributed by atoms with Gasteiger partial charge in [0.05, 0.1) is 0 Å². The molecule has 2 rings (SSSR count). The molecule has 0 saturated carbocycles. The minimum Gasteiger partial charge on any atom is -0.375 e. The molecule has 0 fully saturated rings. The quantitative estimate of drug-likeness (QED) is 0.906. The largest absolute Gasteiger partial charge is 0.375 e. The average molecular weight is 283 g/mol. The molecule has 0 unspecified atom stereocenters. The number of nitrogen functional groups attached to an aromatic ring is 1. The summed E-state index contributed by atoms with van der Waals surface area (Å²) in [6, 6.07) is 9.17. The number of anilines is 1. The third kappa shape index (κ3) is 3.25. The Morgan fingerprint density at radius 1 is 1.37 bits per heavy atom. The molecule has 0 spiro atoms. The number of carbonyl (C=O) groups is 1. The molecule has 0 saturated heterocycles. The van der Waals surface area contributed by atoms with Crippen LogP contribution < -0.4 is 11.1 Å². The Kier molecular flexibility index (Phi) is 4.06. The predicted octanol–water partition coefficient (Wildman–Crippen LogP) is 2.59. The van der Waals surface area contributed by atoms with Crippen LogP contribution in [0.2, 0.25) is 0 Å². The monoisotopic (exact) mass is 283 g/mol. The standard InChI is InChI=1S/C12H11F2N3OS/c13-10(14)8-9(19-12(15)17-8)11(18)16-6-7-4-2-1-3-5-7/h1-5,10H,6H2,(H2,15,17)(H,16,18). The number of nitrogens with two attached hydrogens (primary N) is 1. The number of alkyl halides is 2. The number of nitrogens with zero attached hydrogens (tertiary/aromatic N) is 1. The number of aromatic nitrogens is 1. The predicted molar refractivity (Wildman–Crippen MR) is 69.1 cm³/mol. The highest BCUT2D eigenvalue weighted by atomic mass is 32.1. The van der Waals surface area contributed by atoms with Gasteiger partial charge in [-0.2, -0.15) is 0 Å². The van der Waals surface area contributed by atoms with Crippen molar-refractivity contribution in [2.75, 3.05) is 5.73 Å². The van der Waals surface area contributed by atoms with Gasteiger partial charge in [0.2, 0.25) is 0 Å². The van der Waals surface area contributed by atoms with Crippen LogP contribution in [0.25, 0.3) is 0 Å². The van der Waals surface area contributed by atoms with Crippen LogP contribution in [-0.4, -0.2) is 10.9 Å². The van der Waals surface area contributed by atoms with Crippen molar-refractivity contribution in [1.29, 1.82) is 0 Å². The molecule has 0 aliphatic heterocycles. The molecule has 0 bridgehead atoms. The number of halogens is 2. The number of nitrogens with one attached hydrogen (secondary N) is 1. The van der Waals surface area contributed by atoms with E-state index >= 15 is 0 Å². The van der Waals surface area contributed by atoms with Crippen molar-refractivity contribution in [3.05, 3.63) is 46.5 Å². The van der Waals surface area contributed by atoms with Gasteiger partial charge in [-0.3, -0.25) is 4.79 Å². The van der Waals surface area contributed by atoms with E-state index in [1.165, 1.54) is 0 Å². The van der Waals surface area contributed by atoms with Crippen molar-refractivity contribution in [1.82, 2.24) is 10.3 Å². The minimum absolute atomic E-state index is 0.0415. The van der Waals surface area contributed by atoms with Crippen molar-refractivity contribution in [2.24, 2.45) is 0 Å². The van der Waals surface area contributed by atoms with Crippen LogP contribution in [0.15, 0.2) is 30.3 Å². The molecule has 2 aromatic rings. The highest BCUT2D eigenvalue weighted by Crippen LogP contribution is 2.28. The molecular weight excluding hydrogens is 272 g/mol. The lowest BCUT2D eigenvalue weighted by molar-refractivity contribution is 0.0940. The van der Waals surface area contributed by atoms with Crippen molar-refractivity contribution in [2.45, 2.75) is 13.0 Å². The van der Waals surface area contributed by atoms with E-state index in [4.69, 9.17) is 5.73 Å². The van der Waals surface area contributed by atoms with Gasteiger partial charge in [0.25, 0.3) is 12.3 Å². The number of rotatable bonds is 4. The van der Waals surface area contributed by atoms with Gasteiger partial charge in [0.1, 0.15) is 10.6 Å². The molecule has 19 heavy (non-hydrogen) atoms. The third-order valence-electron chi connectivity index (χ3n) is 2.38. The summed E-state index contributed by atoms with van der Waals surface area (Å²) in [6.45, 7) is 0.264. The molecule has 4 nitrogen and oxygen atoms in total. The van der Waals surface area contributed by atoms with Crippen LogP contribution in [0, 0.1) is 0 Å². The van der Waals surface area contributed by atoms with Crippen LogP contribution in [0.1, 0.15) is 27.4 Å². The molecule has 0 radical (unpaired) electrons. The Bertz CT molecular complexity index is 572. The summed E-state index contributed by atoms with van der Waals surface area (Å²) in [5.41, 5.74) is 5.68. The van der Waals surface area contributed by atoms with Crippen LogP contribution in [0.4, 0.5) is 13.9 Å². The van der Waals surface area contributed by atoms with E-state index in [1.54, 1.807) is 0 Å². The third-order valence-corrected chi connectivity index (χ3v) is 3.28. The minimum atomic E-state index is -2.81. The molecule has 1 heterocycles. The molecule has 100 valence electrons. The average Bonchev–Trinajstić information content (AvgIpc) is 2.79. The number of thiazole rings is 1. The molecule has 0 aliphatic carbocycles. The SMILES string of the molecule is Nc1nc(C(F)F)c(C(=O)NCc2ccccc2)s1. The van der Waals surface area contributed by atoms with Crippen molar-refractivity contribution < 1.29 is 13.6 Å². The number of amides is 1. The molecular formula is C12H11F2N3OS. The zero-order chi connectivity index (χ0) is 13.8. The highest BCUT2D eigenvalue weighted by molar-refractivity contribution is 7.17. The Labute approximate surface area is 112 Å². The Morgan fingerprint density at radius 3 is 2.68 bits per heavy atom. The molecule has 0 atom stereocenters. The van der Waals surface area contributed by atoms with E-state index < -0.39 is 18.0 Å². The maximum Gasteiger partial charge on any atom is 0.282 e. The molecule has 3 N–H and O–H groups in total. The van der Waals surface area contributed by atoms with Gasteiger partial charge in [-0.25, -0.2) is 13.8 Å². The van der Waals surface area contributed by atoms with Gasteiger partial charge in [0, 0.05) is 6.54 Å². The summed E-state index contributed by atoms with van der Waals surface area (Å²) in [4.78, 5) is 15.2. The summed E-state index contributed by atoms with van der Waals surface area (Å²) in [7, 11) is 0. The first-order valence-corrected chi connectivity index (χ1v) is 6.26. The Morgan fingerprint density at radius 2 is 2.05 bits per heavy atom. The second-order valence-electron chi connectivity index (χ2n) is 3.74. The lowest BCUT2D eigenvalue weighted by Crippen LogP contribution is -2.23. The van der Waals surface area contributed by atoms with Crippen molar-refractivity contribution in [3.8, 4) is 0 Å². The Hall–Kier alpha value is -2.02. The molecule has 1 aromatic heterocycles. The summed E-state index contributed by atoms with van der Waals surface area (Å²) in [5.74, 6) is -0.589. The van der Waals surface area contributed by atoms with E-state index in [-0.39, 0.29) is 16.6 Å². The topological polar surface area (TPSA) is 68.0 Å². The van der Waals surface area contributed by atoms with Crippen LogP contribution in [-0.2, 0) is 6.54 Å². The first kappa shape index (κ1) is 13.4. The maximum atomic E-state index is 12.7. The fourth-order valence-electron chi connectivity index (χ4n) is 1.52. The number of carbonyl (C=O) groups excluding carboxylic acids is 1. The number of hydrogen-bond donors (Lipinski definition) is 2. The van der Waals surface area contributed by atoms with E-state index in [0.29, 0.717) is 0 Å². The molecule has 7 heteroatoms. The fraction of sp³-hybridized carbons (Fsp3) is 0.167. The van der Waals surface area contributed by atoms with Crippen molar-refractivity contribution >= 4 is 22.4 Å². The van der Waals surface area contributed by atoms with Gasteiger partial charge in [0.15, 0.2) is 5.13 Å². The lowest BCUT2D eigenvalue weighted by atomic mass is 10.2. The van der Waals surface area contributed by atoms with Gasteiger partial charge in [-0.05, 0) is 5.56 Å². The maximum absolute atomic E-state index is 12.7. The normalized spacial score (nSPS) is 10.7. The van der Waals surface area contributed by atoms with Crippen LogP contribution >= 0.6 is 11.3 Å². The second kappa shape index (κ2) is 5.75. The summed E-state index contributed by atoms with van der Waals surface area (Å²) < 4.78 is 25.3. The van der Waals surface area contributed by atoms with Gasteiger partial charge < -0.3 is 11.1 Å². The van der Waals surface area contributed by atoms with E-state index in [2.05, 4.69) is 10.3 Å². The molecule has 0 aliphatic rings. The summed E-state index contributed by atoms with van der Waals surface area (Å²) in [6.07, 6.45) is -2.81. The first-order valence-electron chi connectivity index (χ1n) is 5.44. The van der Waals surface area contributed by atoms with E-state index in [0.717, 1.165) is 16.9 Å². The first-order chi connectivity index (χ1) is 9.08. The van der Waals surface area contributed by atoms with Gasteiger partial charge >= 0.3 is 0 Å². The zero-order valence-electron chi connectivity index (χ0n) is 9.77. The zero-order valence-corrected chi connectivity index (χ0v) is 10.6. The number of hydrogen-bond acceptors (Lipinski definition) is 4. The van der Waals surface area contributed by atoms with Crippen LogP contribution in [0.3, 0.4) is 0 Å². The van der Waals surface area contributed by atoms with Crippen molar-refractivity contribution in [3.63, 3.8) is 0 Å². The highest BCUT2D eigenvalue weighted by Gasteiger charge is 2.23. The summed E-state index contributed by atoms with van der Waals surface area (Å²) in [5, 5.41) is 2.52. The van der Waals surface area contributed by atoms with Gasteiger partial charge in [-0.1, -0.05) is 41.7 Å².